The van der Waals surface area contributed by atoms with E-state index in [1.54, 1.807) is 0 Å². The summed E-state index contributed by atoms with van der Waals surface area (Å²) in [6.45, 7) is 13.7. The number of hydrogen-bond donors (Lipinski definition) is 0. The summed E-state index contributed by atoms with van der Waals surface area (Å²) in [5, 5.41) is 0. The van der Waals surface area contributed by atoms with Crippen molar-refractivity contribution in [3.8, 4) is 0 Å². The van der Waals surface area contributed by atoms with Gasteiger partial charge >= 0.3 is 216 Å². The molecule has 0 N–H and O–H groups in total. The first-order valence-electron chi connectivity index (χ1n) is 14.5. The van der Waals surface area contributed by atoms with E-state index < -0.39 is 36.8 Å². The Balaban J connectivity index is 3.49. The van der Waals surface area contributed by atoms with Crippen LogP contribution in [0.3, 0.4) is 0 Å². The van der Waals surface area contributed by atoms with Crippen molar-refractivity contribution < 1.29 is 4.39 Å². The van der Waals surface area contributed by atoms with Gasteiger partial charge < -0.3 is 0 Å². The Morgan fingerprint density at radius 2 is 0.909 bits per heavy atom. The molecule has 0 amide bonds. The van der Waals surface area contributed by atoms with Gasteiger partial charge in [-0.05, 0) is 0 Å². The molecule has 1 heterocycles. The molecular formula is C28H55FN2Sn2. The number of unbranched alkanes of at least 4 members (excludes halogenated alkanes) is 6. The van der Waals surface area contributed by atoms with Gasteiger partial charge in [0, 0.05) is 0 Å². The maximum atomic E-state index is 16.0. The van der Waals surface area contributed by atoms with Crippen LogP contribution in [-0.2, 0) is 0 Å². The molecule has 0 atom stereocenters. The van der Waals surface area contributed by atoms with Crippen LogP contribution in [0.25, 0.3) is 0 Å². The molecule has 0 aliphatic heterocycles. The van der Waals surface area contributed by atoms with Crippen molar-refractivity contribution in [1.82, 2.24) is 9.97 Å². The van der Waals surface area contributed by atoms with E-state index in [-0.39, 0.29) is 5.95 Å². The molecule has 0 bridgehead atoms. The molecule has 33 heavy (non-hydrogen) atoms. The van der Waals surface area contributed by atoms with E-state index in [1.165, 1.54) is 107 Å². The number of rotatable bonds is 20. The molecule has 0 fully saturated rings. The number of nitrogens with zero attached hydrogens (tertiary/aromatic N) is 2. The van der Waals surface area contributed by atoms with Gasteiger partial charge in [0.2, 0.25) is 0 Å². The molecule has 0 aliphatic rings. The van der Waals surface area contributed by atoms with Gasteiger partial charge in [0.25, 0.3) is 0 Å². The molecule has 0 unspecified atom stereocenters. The van der Waals surface area contributed by atoms with E-state index >= 15 is 4.39 Å². The van der Waals surface area contributed by atoms with Crippen molar-refractivity contribution in [2.24, 2.45) is 0 Å². The molecule has 2 nitrogen and oxygen atoms in total. The summed E-state index contributed by atoms with van der Waals surface area (Å²) in [5.41, 5.74) is 0. The number of halogens is 1. The second-order valence-electron chi connectivity index (χ2n) is 10.6. The van der Waals surface area contributed by atoms with Crippen LogP contribution in [0.4, 0.5) is 4.39 Å². The van der Waals surface area contributed by atoms with Crippen LogP contribution in [0.2, 0.25) is 26.6 Å². The minimum absolute atomic E-state index is 0.128. The fraction of sp³-hybridized carbons (Fsp3) is 0.857. The van der Waals surface area contributed by atoms with Crippen molar-refractivity contribution in [2.45, 2.75) is 145 Å². The average Bonchev–Trinajstić information content (AvgIpc) is 2.84. The van der Waals surface area contributed by atoms with Crippen LogP contribution in [-0.4, -0.2) is 46.7 Å². The molecule has 1 rings (SSSR count). The Hall–Kier alpha value is 0.607. The van der Waals surface area contributed by atoms with Gasteiger partial charge in [-0.15, -0.1) is 0 Å². The average molecular weight is 676 g/mol. The standard InChI is InChI=1S/C4HFN2.6C4H9.2Sn/c5-4-3-6-1-2-7-4;6*1-3-4-2;;/h1H;6*1,3-4H2,2H3;;. The zero-order valence-electron chi connectivity index (χ0n) is 23.1. The molecule has 0 saturated heterocycles. The van der Waals surface area contributed by atoms with Crippen molar-refractivity contribution in [3.05, 3.63) is 12.1 Å². The summed E-state index contributed by atoms with van der Waals surface area (Å²) < 4.78 is 25.9. The molecule has 1 aromatic heterocycles. The third-order valence-electron chi connectivity index (χ3n) is 7.83. The molecule has 0 aromatic carbocycles. The van der Waals surface area contributed by atoms with E-state index in [2.05, 4.69) is 47.7 Å². The van der Waals surface area contributed by atoms with Crippen molar-refractivity contribution in [3.63, 3.8) is 0 Å². The molecule has 0 radical (unpaired) electrons. The van der Waals surface area contributed by atoms with Gasteiger partial charge in [0.1, 0.15) is 0 Å². The topological polar surface area (TPSA) is 25.8 Å². The van der Waals surface area contributed by atoms with Gasteiger partial charge in [0.05, 0.1) is 0 Å². The zero-order valence-corrected chi connectivity index (χ0v) is 28.8. The molecular weight excluding hydrogens is 621 g/mol. The summed E-state index contributed by atoms with van der Waals surface area (Å²) in [4.78, 5) is 10.0. The van der Waals surface area contributed by atoms with Crippen LogP contribution in [0.5, 0.6) is 0 Å². The van der Waals surface area contributed by atoms with Crippen molar-refractivity contribution in [1.29, 1.82) is 0 Å². The first-order chi connectivity index (χ1) is 16.0. The van der Waals surface area contributed by atoms with Crippen molar-refractivity contribution in [2.75, 3.05) is 0 Å². The Labute approximate surface area is 214 Å². The number of hydrogen-bond acceptors (Lipinski definition) is 2. The van der Waals surface area contributed by atoms with Gasteiger partial charge in [-0.3, -0.25) is 0 Å². The van der Waals surface area contributed by atoms with Gasteiger partial charge in [-0.25, -0.2) is 0 Å². The fourth-order valence-corrected chi connectivity index (χ4v) is 36.0. The Kier molecular flexibility index (Phi) is 17.2. The number of aromatic nitrogens is 2. The van der Waals surface area contributed by atoms with E-state index in [1.807, 2.05) is 0 Å². The third-order valence-corrected chi connectivity index (χ3v) is 37.9. The van der Waals surface area contributed by atoms with Gasteiger partial charge in [-0.1, -0.05) is 0 Å². The Morgan fingerprint density at radius 1 is 0.576 bits per heavy atom. The summed E-state index contributed by atoms with van der Waals surface area (Å²) in [6.07, 6.45) is 17.0. The maximum absolute atomic E-state index is 16.0. The summed E-state index contributed by atoms with van der Waals surface area (Å²) >= 11 is -5.64. The monoisotopic (exact) mass is 678 g/mol. The van der Waals surface area contributed by atoms with E-state index in [4.69, 9.17) is 9.97 Å². The summed E-state index contributed by atoms with van der Waals surface area (Å²) in [7, 11) is 0. The second kappa shape index (κ2) is 17.9. The first-order valence-corrected chi connectivity index (χ1v) is 29.5. The zero-order chi connectivity index (χ0) is 24.6. The van der Waals surface area contributed by atoms with Crippen LogP contribution in [0, 0.1) is 5.95 Å². The van der Waals surface area contributed by atoms with E-state index in [9.17, 15) is 0 Å². The summed E-state index contributed by atoms with van der Waals surface area (Å²) in [6, 6.07) is 0. The normalized spacial score (nSPS) is 12.5. The Bertz CT molecular complexity index is 595. The van der Waals surface area contributed by atoms with Crippen LogP contribution in [0.1, 0.15) is 119 Å². The molecule has 1 aromatic rings. The predicted octanol–water partition coefficient (Wildman–Crippen LogP) is 8.73. The van der Waals surface area contributed by atoms with Gasteiger partial charge in [-0.2, -0.15) is 0 Å². The van der Waals surface area contributed by atoms with E-state index in [0.717, 1.165) is 3.71 Å². The molecule has 0 spiro atoms. The second-order valence-corrected chi connectivity index (χ2v) is 36.6. The molecule has 192 valence electrons. The Morgan fingerprint density at radius 3 is 1.21 bits per heavy atom. The summed E-state index contributed by atoms with van der Waals surface area (Å²) in [5.74, 6) is -0.128. The SMILES string of the molecule is CCC[CH2][Sn]([CH2]CCC)([CH2]CCC)[c]1cn[c]([Sn]([CH2]CCC)([CH2]CCC)[CH2]CCC)c(F)n1. The van der Waals surface area contributed by atoms with Crippen LogP contribution >= 0.6 is 0 Å². The van der Waals surface area contributed by atoms with Crippen LogP contribution in [0.15, 0.2) is 6.20 Å². The van der Waals surface area contributed by atoms with Crippen LogP contribution < -0.4 is 7.42 Å². The van der Waals surface area contributed by atoms with Crippen molar-refractivity contribution >= 4 is 44.2 Å². The van der Waals surface area contributed by atoms with Gasteiger partial charge in [0.15, 0.2) is 0 Å². The fourth-order valence-electron chi connectivity index (χ4n) is 5.56. The predicted molar refractivity (Wildman–Crippen MR) is 151 cm³/mol. The third kappa shape index (κ3) is 9.88. The van der Waals surface area contributed by atoms with E-state index in [0.29, 0.717) is 0 Å². The minimum atomic E-state index is -2.90. The molecule has 0 aliphatic carbocycles. The molecule has 5 heteroatoms. The first kappa shape index (κ1) is 31.6. The molecule has 0 saturated carbocycles. The quantitative estimate of drug-likeness (QED) is 0.129.